The molecule has 0 unspecified atom stereocenters. The van der Waals surface area contributed by atoms with Gasteiger partial charge < -0.3 is 5.32 Å². The zero-order valence-electron chi connectivity index (χ0n) is 15.2. The van der Waals surface area contributed by atoms with E-state index in [1.807, 2.05) is 0 Å². The normalized spacial score (nSPS) is 15.2. The summed E-state index contributed by atoms with van der Waals surface area (Å²) in [6.45, 7) is 0.218. The zero-order chi connectivity index (χ0) is 19.4. The first kappa shape index (κ1) is 19.9. The van der Waals surface area contributed by atoms with Gasteiger partial charge in [-0.25, -0.2) is 8.42 Å². The number of sulfonamides is 1. The lowest BCUT2D eigenvalue weighted by Crippen LogP contribution is -2.32. The predicted molar refractivity (Wildman–Crippen MR) is 106 cm³/mol. The van der Waals surface area contributed by atoms with Crippen LogP contribution in [0.15, 0.2) is 53.4 Å². The van der Waals surface area contributed by atoms with Crippen molar-refractivity contribution in [2.75, 3.05) is 7.05 Å². The fraction of sp³-hybridized carbons (Fsp3) is 0.350. The van der Waals surface area contributed by atoms with Gasteiger partial charge in [-0.1, -0.05) is 36.6 Å². The summed E-state index contributed by atoms with van der Waals surface area (Å²) in [6.07, 6.45) is 4.41. The Labute approximate surface area is 165 Å². The van der Waals surface area contributed by atoms with E-state index in [4.69, 9.17) is 11.6 Å². The molecule has 0 atom stereocenters. The third-order valence-corrected chi connectivity index (χ3v) is 6.90. The molecule has 1 aliphatic rings. The van der Waals surface area contributed by atoms with Gasteiger partial charge in [0.1, 0.15) is 0 Å². The van der Waals surface area contributed by atoms with E-state index in [0.717, 1.165) is 31.2 Å². The molecule has 2 aromatic carbocycles. The van der Waals surface area contributed by atoms with Gasteiger partial charge in [0.25, 0.3) is 5.91 Å². The summed E-state index contributed by atoms with van der Waals surface area (Å²) in [5.41, 5.74) is 1.40. The summed E-state index contributed by atoms with van der Waals surface area (Å²) in [6, 6.07) is 13.4. The highest BCUT2D eigenvalue weighted by Gasteiger charge is 2.21. The Morgan fingerprint density at radius 3 is 2.26 bits per heavy atom. The van der Waals surface area contributed by atoms with E-state index in [2.05, 4.69) is 5.32 Å². The Hall–Kier alpha value is -1.89. The number of amides is 1. The van der Waals surface area contributed by atoms with Crippen molar-refractivity contribution in [2.24, 2.45) is 0 Å². The van der Waals surface area contributed by atoms with Crippen LogP contribution in [0.3, 0.4) is 0 Å². The van der Waals surface area contributed by atoms with Gasteiger partial charge in [0.2, 0.25) is 10.0 Å². The average Bonchev–Trinajstić information content (AvgIpc) is 3.15. The molecule has 0 aliphatic heterocycles. The van der Waals surface area contributed by atoms with E-state index >= 15 is 0 Å². The minimum atomic E-state index is -3.60. The summed E-state index contributed by atoms with van der Waals surface area (Å²) in [4.78, 5) is 12.5. The minimum Gasteiger partial charge on any atom is -0.349 e. The fourth-order valence-electron chi connectivity index (χ4n) is 3.23. The van der Waals surface area contributed by atoms with Gasteiger partial charge in [-0.3, -0.25) is 4.79 Å². The van der Waals surface area contributed by atoms with Crippen LogP contribution < -0.4 is 5.32 Å². The lowest BCUT2D eigenvalue weighted by molar-refractivity contribution is 0.0938. The van der Waals surface area contributed by atoms with Crippen LogP contribution in [0.5, 0.6) is 0 Å². The molecule has 1 N–H and O–H groups in total. The van der Waals surface area contributed by atoms with Gasteiger partial charge in [0, 0.05) is 30.2 Å². The molecule has 1 amide bonds. The second-order valence-electron chi connectivity index (χ2n) is 6.87. The molecule has 7 heteroatoms. The summed E-state index contributed by atoms with van der Waals surface area (Å²) in [5.74, 6) is -0.0735. The molecular formula is C20H23ClN2O3S. The molecule has 27 heavy (non-hydrogen) atoms. The van der Waals surface area contributed by atoms with Crippen molar-refractivity contribution >= 4 is 27.5 Å². The highest BCUT2D eigenvalue weighted by Crippen LogP contribution is 2.20. The van der Waals surface area contributed by atoms with Crippen molar-refractivity contribution in [2.45, 2.75) is 43.2 Å². The molecule has 1 fully saturated rings. The second kappa shape index (κ2) is 8.42. The number of carbonyl (C=O) groups is 1. The number of carbonyl (C=O) groups excluding carboxylic acids is 1. The number of rotatable bonds is 6. The molecule has 144 valence electrons. The van der Waals surface area contributed by atoms with E-state index in [1.165, 1.54) is 23.5 Å². The third kappa shape index (κ3) is 4.89. The van der Waals surface area contributed by atoms with Gasteiger partial charge in [0.15, 0.2) is 0 Å². The number of hydrogen-bond acceptors (Lipinski definition) is 3. The van der Waals surface area contributed by atoms with E-state index in [9.17, 15) is 13.2 Å². The van der Waals surface area contributed by atoms with E-state index in [1.54, 1.807) is 36.4 Å². The van der Waals surface area contributed by atoms with E-state index < -0.39 is 10.0 Å². The van der Waals surface area contributed by atoms with Crippen LogP contribution in [0.4, 0.5) is 0 Å². The SMILES string of the molecule is CN(Cc1ccc(C(=O)NC2CCCC2)cc1)S(=O)(=O)c1ccc(Cl)cc1. The van der Waals surface area contributed by atoms with Crippen LogP contribution >= 0.6 is 11.6 Å². The largest absolute Gasteiger partial charge is 0.349 e. The first-order valence-electron chi connectivity index (χ1n) is 8.98. The van der Waals surface area contributed by atoms with Crippen molar-refractivity contribution in [3.05, 3.63) is 64.7 Å². The van der Waals surface area contributed by atoms with Gasteiger partial charge in [-0.2, -0.15) is 4.31 Å². The van der Waals surface area contributed by atoms with E-state index in [0.29, 0.717) is 10.6 Å². The molecule has 1 saturated carbocycles. The van der Waals surface area contributed by atoms with Crippen LogP contribution in [0, 0.1) is 0 Å². The van der Waals surface area contributed by atoms with Crippen LogP contribution in [-0.4, -0.2) is 31.7 Å². The quantitative estimate of drug-likeness (QED) is 0.792. The molecule has 0 radical (unpaired) electrons. The Morgan fingerprint density at radius 2 is 1.67 bits per heavy atom. The second-order valence-corrected chi connectivity index (χ2v) is 9.35. The maximum Gasteiger partial charge on any atom is 0.251 e. The molecule has 2 aromatic rings. The maximum absolute atomic E-state index is 12.6. The monoisotopic (exact) mass is 406 g/mol. The summed E-state index contributed by atoms with van der Waals surface area (Å²) >= 11 is 5.82. The lowest BCUT2D eigenvalue weighted by atomic mass is 10.1. The molecule has 3 rings (SSSR count). The number of benzene rings is 2. The average molecular weight is 407 g/mol. The predicted octanol–water partition coefficient (Wildman–Crippen LogP) is 3.83. The Balaban J connectivity index is 1.64. The van der Waals surface area contributed by atoms with Crippen LogP contribution in [-0.2, 0) is 16.6 Å². The Bertz CT molecular complexity index is 890. The van der Waals surface area contributed by atoms with Gasteiger partial charge >= 0.3 is 0 Å². The first-order valence-corrected chi connectivity index (χ1v) is 10.8. The van der Waals surface area contributed by atoms with Crippen molar-refractivity contribution in [3.63, 3.8) is 0 Å². The Kier molecular flexibility index (Phi) is 6.19. The fourth-order valence-corrected chi connectivity index (χ4v) is 4.51. The zero-order valence-corrected chi connectivity index (χ0v) is 16.8. The summed E-state index contributed by atoms with van der Waals surface area (Å²) in [7, 11) is -2.07. The molecule has 0 bridgehead atoms. The van der Waals surface area contributed by atoms with Crippen molar-refractivity contribution in [3.8, 4) is 0 Å². The van der Waals surface area contributed by atoms with Gasteiger partial charge in [0.05, 0.1) is 4.90 Å². The Morgan fingerprint density at radius 1 is 1.07 bits per heavy atom. The maximum atomic E-state index is 12.6. The molecule has 0 saturated heterocycles. The van der Waals surface area contributed by atoms with Crippen LogP contribution in [0.25, 0.3) is 0 Å². The molecule has 0 heterocycles. The number of hydrogen-bond donors (Lipinski definition) is 1. The molecule has 1 aliphatic carbocycles. The third-order valence-electron chi connectivity index (χ3n) is 4.83. The molecule has 0 aromatic heterocycles. The summed E-state index contributed by atoms with van der Waals surface area (Å²) in [5, 5.41) is 3.54. The highest BCUT2D eigenvalue weighted by molar-refractivity contribution is 7.89. The van der Waals surface area contributed by atoms with Crippen LogP contribution in [0.1, 0.15) is 41.6 Å². The minimum absolute atomic E-state index is 0.0735. The summed E-state index contributed by atoms with van der Waals surface area (Å²) < 4.78 is 26.6. The molecule has 0 spiro atoms. The number of nitrogens with zero attached hydrogens (tertiary/aromatic N) is 1. The number of nitrogens with one attached hydrogen (secondary N) is 1. The lowest BCUT2D eigenvalue weighted by Gasteiger charge is -2.18. The van der Waals surface area contributed by atoms with Crippen molar-refractivity contribution in [1.82, 2.24) is 9.62 Å². The van der Waals surface area contributed by atoms with Crippen molar-refractivity contribution < 1.29 is 13.2 Å². The molecule has 5 nitrogen and oxygen atoms in total. The molecular weight excluding hydrogens is 384 g/mol. The van der Waals surface area contributed by atoms with Crippen molar-refractivity contribution in [1.29, 1.82) is 0 Å². The van der Waals surface area contributed by atoms with Gasteiger partial charge in [-0.15, -0.1) is 0 Å². The standard InChI is InChI=1S/C20H23ClN2O3S/c1-23(27(25,26)19-12-10-17(21)11-13-19)14-15-6-8-16(9-7-15)20(24)22-18-4-2-3-5-18/h6-13,18H,2-5,14H2,1H3,(H,22,24). The van der Waals surface area contributed by atoms with Crippen LogP contribution in [0.2, 0.25) is 5.02 Å². The number of halogens is 1. The topological polar surface area (TPSA) is 66.5 Å². The van der Waals surface area contributed by atoms with E-state index in [-0.39, 0.29) is 23.4 Å². The highest BCUT2D eigenvalue weighted by atomic mass is 35.5. The van der Waals surface area contributed by atoms with Gasteiger partial charge in [-0.05, 0) is 54.8 Å². The first-order chi connectivity index (χ1) is 12.9. The smallest absolute Gasteiger partial charge is 0.251 e.